The molecule has 0 amide bonds. The first-order chi connectivity index (χ1) is 7.16. The fraction of sp³-hybridized carbons (Fsp3) is 0.385. The van der Waals surface area contributed by atoms with E-state index in [0.29, 0.717) is 0 Å². The van der Waals surface area contributed by atoms with Crippen molar-refractivity contribution in [2.45, 2.75) is 32.2 Å². The van der Waals surface area contributed by atoms with E-state index < -0.39 is 0 Å². The van der Waals surface area contributed by atoms with Crippen LogP contribution in [0.15, 0.2) is 29.8 Å². The van der Waals surface area contributed by atoms with Gasteiger partial charge >= 0.3 is 0 Å². The average molecular weight is 222 g/mol. The summed E-state index contributed by atoms with van der Waals surface area (Å²) in [6.07, 6.45) is 5.80. The number of nitrogens with two attached hydrogens (primary N) is 1. The summed E-state index contributed by atoms with van der Waals surface area (Å²) in [4.78, 5) is 0. The molecule has 1 atom stereocenters. The maximum absolute atomic E-state index is 6.21. The Morgan fingerprint density at radius 2 is 2.13 bits per heavy atom. The average Bonchev–Trinajstić information content (AvgIpc) is 2.67. The highest BCUT2D eigenvalue weighted by Crippen LogP contribution is 2.30. The summed E-state index contributed by atoms with van der Waals surface area (Å²) in [5, 5.41) is 0.777. The summed E-state index contributed by atoms with van der Waals surface area (Å²) in [7, 11) is 0. The Hall–Kier alpha value is -0.790. The zero-order valence-electron chi connectivity index (χ0n) is 8.96. The zero-order valence-corrected chi connectivity index (χ0v) is 9.72. The molecule has 1 aromatic rings. The van der Waals surface area contributed by atoms with Gasteiger partial charge in [0.2, 0.25) is 0 Å². The lowest BCUT2D eigenvalue weighted by atomic mass is 9.98. The molecule has 15 heavy (non-hydrogen) atoms. The van der Waals surface area contributed by atoms with Crippen molar-refractivity contribution < 1.29 is 0 Å². The molecule has 2 rings (SSSR count). The number of rotatable bonds is 2. The molecule has 0 heterocycles. The van der Waals surface area contributed by atoms with E-state index >= 15 is 0 Å². The molecule has 0 fully saturated rings. The smallest absolute Gasteiger partial charge is 0.0511 e. The molecule has 0 saturated heterocycles. The summed E-state index contributed by atoms with van der Waals surface area (Å²) in [6, 6.07) is 6.08. The van der Waals surface area contributed by atoms with Crippen molar-refractivity contribution in [3.8, 4) is 0 Å². The van der Waals surface area contributed by atoms with Crippen LogP contribution in [0, 0.1) is 6.92 Å². The fourth-order valence-corrected chi connectivity index (χ4v) is 2.43. The number of allylic oxidation sites excluding steroid dienone is 1. The molecule has 1 nitrogen and oxygen atoms in total. The van der Waals surface area contributed by atoms with Gasteiger partial charge < -0.3 is 5.73 Å². The highest BCUT2D eigenvalue weighted by molar-refractivity contribution is 6.30. The van der Waals surface area contributed by atoms with Crippen molar-refractivity contribution in [1.29, 1.82) is 0 Å². The Morgan fingerprint density at radius 3 is 2.73 bits per heavy atom. The summed E-state index contributed by atoms with van der Waals surface area (Å²) < 4.78 is 0. The van der Waals surface area contributed by atoms with Crippen LogP contribution in [0.1, 0.15) is 36.4 Å². The maximum Gasteiger partial charge on any atom is 0.0511 e. The molecule has 0 bridgehead atoms. The first-order valence-electron chi connectivity index (χ1n) is 5.38. The van der Waals surface area contributed by atoms with Gasteiger partial charge in [0, 0.05) is 5.02 Å². The highest BCUT2D eigenvalue weighted by Gasteiger charge is 2.15. The number of benzene rings is 1. The van der Waals surface area contributed by atoms with Gasteiger partial charge in [-0.05, 0) is 49.4 Å². The van der Waals surface area contributed by atoms with Crippen molar-refractivity contribution in [2.24, 2.45) is 5.73 Å². The van der Waals surface area contributed by atoms with Gasteiger partial charge in [0.1, 0.15) is 0 Å². The Balaban J connectivity index is 2.28. The lowest BCUT2D eigenvalue weighted by Crippen LogP contribution is -2.12. The Labute approximate surface area is 95.9 Å². The van der Waals surface area contributed by atoms with Crippen molar-refractivity contribution in [3.63, 3.8) is 0 Å². The van der Waals surface area contributed by atoms with Gasteiger partial charge in [-0.2, -0.15) is 0 Å². The van der Waals surface area contributed by atoms with E-state index in [1.54, 1.807) is 0 Å². The fourth-order valence-electron chi connectivity index (χ4n) is 2.14. The summed E-state index contributed by atoms with van der Waals surface area (Å²) in [5.74, 6) is 0. The molecule has 0 radical (unpaired) electrons. The Bertz CT molecular complexity index is 375. The van der Waals surface area contributed by atoms with E-state index in [1.165, 1.54) is 24.0 Å². The first kappa shape index (κ1) is 10.7. The predicted octanol–water partition coefficient (Wildman–Crippen LogP) is 3.76. The molecule has 0 saturated carbocycles. The quantitative estimate of drug-likeness (QED) is 0.757. The van der Waals surface area contributed by atoms with Gasteiger partial charge in [-0.1, -0.05) is 29.3 Å². The molecule has 80 valence electrons. The number of hydrogen-bond donors (Lipinski definition) is 1. The first-order valence-corrected chi connectivity index (χ1v) is 5.76. The maximum atomic E-state index is 6.21. The zero-order chi connectivity index (χ0) is 10.8. The van der Waals surface area contributed by atoms with E-state index in [9.17, 15) is 0 Å². The van der Waals surface area contributed by atoms with Crippen molar-refractivity contribution in [1.82, 2.24) is 0 Å². The molecular weight excluding hydrogens is 206 g/mol. The monoisotopic (exact) mass is 221 g/mol. The van der Waals surface area contributed by atoms with Crippen molar-refractivity contribution >= 4 is 11.6 Å². The SMILES string of the molecule is Cc1cc(Cl)cc(C(N)C2=CCCC2)c1. The summed E-state index contributed by atoms with van der Waals surface area (Å²) >= 11 is 6.03. The lowest BCUT2D eigenvalue weighted by Gasteiger charge is -2.14. The van der Waals surface area contributed by atoms with E-state index in [1.807, 2.05) is 19.1 Å². The lowest BCUT2D eigenvalue weighted by molar-refractivity contribution is 0.784. The second kappa shape index (κ2) is 4.38. The Kier molecular flexibility index (Phi) is 3.13. The topological polar surface area (TPSA) is 26.0 Å². The molecule has 0 spiro atoms. The molecule has 1 aromatic carbocycles. The minimum absolute atomic E-state index is 0.0323. The van der Waals surface area contributed by atoms with Crippen LogP contribution >= 0.6 is 11.6 Å². The number of aryl methyl sites for hydroxylation is 1. The van der Waals surface area contributed by atoms with E-state index in [4.69, 9.17) is 17.3 Å². The van der Waals surface area contributed by atoms with Crippen molar-refractivity contribution in [3.05, 3.63) is 46.0 Å². The minimum atomic E-state index is 0.0323. The van der Waals surface area contributed by atoms with Crippen LogP contribution in [0.5, 0.6) is 0 Å². The predicted molar refractivity (Wildman–Crippen MR) is 65.1 cm³/mol. The number of hydrogen-bond acceptors (Lipinski definition) is 1. The van der Waals surface area contributed by atoms with Crippen LogP contribution in [0.4, 0.5) is 0 Å². The molecule has 2 N–H and O–H groups in total. The van der Waals surface area contributed by atoms with Gasteiger partial charge in [0.05, 0.1) is 6.04 Å². The van der Waals surface area contributed by atoms with Crippen LogP contribution in [0.25, 0.3) is 0 Å². The van der Waals surface area contributed by atoms with E-state index in [0.717, 1.165) is 17.0 Å². The van der Waals surface area contributed by atoms with Gasteiger partial charge in [-0.3, -0.25) is 0 Å². The van der Waals surface area contributed by atoms with E-state index in [-0.39, 0.29) is 6.04 Å². The normalized spacial score (nSPS) is 17.7. The van der Waals surface area contributed by atoms with Crippen LogP contribution in [0.2, 0.25) is 5.02 Å². The van der Waals surface area contributed by atoms with Crippen LogP contribution in [-0.2, 0) is 0 Å². The molecule has 1 unspecified atom stereocenters. The third kappa shape index (κ3) is 2.42. The van der Waals surface area contributed by atoms with Crippen LogP contribution in [0.3, 0.4) is 0 Å². The molecule has 1 aliphatic carbocycles. The van der Waals surface area contributed by atoms with Gasteiger partial charge in [0.15, 0.2) is 0 Å². The minimum Gasteiger partial charge on any atom is -0.321 e. The van der Waals surface area contributed by atoms with E-state index in [2.05, 4.69) is 12.1 Å². The second-order valence-corrected chi connectivity index (χ2v) is 4.65. The molecule has 1 aliphatic rings. The third-order valence-corrected chi connectivity index (χ3v) is 3.12. The highest BCUT2D eigenvalue weighted by atomic mass is 35.5. The van der Waals surface area contributed by atoms with Gasteiger partial charge in [0.25, 0.3) is 0 Å². The number of halogens is 1. The van der Waals surface area contributed by atoms with Crippen LogP contribution in [-0.4, -0.2) is 0 Å². The summed E-state index contributed by atoms with van der Waals surface area (Å²) in [6.45, 7) is 2.05. The standard InChI is InChI=1S/C13H16ClN/c1-9-6-11(8-12(14)7-9)13(15)10-4-2-3-5-10/h4,6-8,13H,2-3,5,15H2,1H3. The largest absolute Gasteiger partial charge is 0.321 e. The van der Waals surface area contributed by atoms with Crippen LogP contribution < -0.4 is 5.73 Å². The second-order valence-electron chi connectivity index (χ2n) is 4.21. The third-order valence-electron chi connectivity index (χ3n) is 2.90. The van der Waals surface area contributed by atoms with Gasteiger partial charge in [-0.25, -0.2) is 0 Å². The molecular formula is C13H16ClN. The molecule has 0 aliphatic heterocycles. The van der Waals surface area contributed by atoms with Crippen molar-refractivity contribution in [2.75, 3.05) is 0 Å². The molecule has 2 heteroatoms. The molecule has 0 aromatic heterocycles. The van der Waals surface area contributed by atoms with Gasteiger partial charge in [-0.15, -0.1) is 0 Å². The summed E-state index contributed by atoms with van der Waals surface area (Å²) in [5.41, 5.74) is 9.87. The Morgan fingerprint density at radius 1 is 1.33 bits per heavy atom.